The van der Waals surface area contributed by atoms with Crippen molar-refractivity contribution in [3.05, 3.63) is 65.7 Å². The van der Waals surface area contributed by atoms with Gasteiger partial charge in [-0.15, -0.1) is 0 Å². The van der Waals surface area contributed by atoms with Crippen LogP contribution in [0.5, 0.6) is 0 Å². The number of anilines is 1. The Morgan fingerprint density at radius 1 is 1.27 bits per heavy atom. The summed E-state index contributed by atoms with van der Waals surface area (Å²) in [5.41, 5.74) is 1.91. The van der Waals surface area contributed by atoms with E-state index in [2.05, 4.69) is 16.4 Å². The number of benzene rings is 1. The number of amides is 1. The third-order valence-corrected chi connectivity index (χ3v) is 4.53. The smallest absolute Gasteiger partial charge is 0.245 e. The molecule has 1 atom stereocenters. The highest BCUT2D eigenvalue weighted by molar-refractivity contribution is 5.87. The molecule has 0 radical (unpaired) electrons. The Labute approximate surface area is 149 Å². The zero-order valence-electron chi connectivity index (χ0n) is 13.9. The summed E-state index contributed by atoms with van der Waals surface area (Å²) < 4.78 is 14.7. The van der Waals surface area contributed by atoms with Crippen molar-refractivity contribution < 1.29 is 9.18 Å². The number of hydrogen-bond donors (Lipinski definition) is 1. The lowest BCUT2D eigenvalue weighted by Crippen LogP contribution is -2.33. The first-order valence-electron chi connectivity index (χ1n) is 8.32. The van der Waals surface area contributed by atoms with E-state index < -0.39 is 6.04 Å². The second-order valence-corrected chi connectivity index (χ2v) is 6.22. The molecule has 1 fully saturated rings. The lowest BCUT2D eigenvalue weighted by atomic mass is 10.2. The Hall–Kier alpha value is -3.40. The van der Waals surface area contributed by atoms with Crippen molar-refractivity contribution >= 4 is 17.4 Å². The third-order valence-electron chi connectivity index (χ3n) is 4.53. The molecule has 3 heterocycles. The average Bonchev–Trinajstić information content (AvgIpc) is 3.18. The first kappa shape index (κ1) is 16.1. The molecule has 1 aliphatic rings. The summed E-state index contributed by atoms with van der Waals surface area (Å²) in [5, 5.41) is 12.6. The summed E-state index contributed by atoms with van der Waals surface area (Å²) in [5.74, 6) is 0.0767. The highest BCUT2D eigenvalue weighted by Crippen LogP contribution is 2.22. The number of aromatic nitrogens is 2. The number of imidazole rings is 1. The zero-order chi connectivity index (χ0) is 18.1. The van der Waals surface area contributed by atoms with Gasteiger partial charge in [0.05, 0.1) is 0 Å². The van der Waals surface area contributed by atoms with Crippen molar-refractivity contribution in [2.45, 2.75) is 19.0 Å². The van der Waals surface area contributed by atoms with Gasteiger partial charge < -0.3 is 10.2 Å². The predicted molar refractivity (Wildman–Crippen MR) is 93.8 cm³/mol. The quantitative estimate of drug-likeness (QED) is 0.786. The van der Waals surface area contributed by atoms with Gasteiger partial charge in [-0.05, 0) is 36.2 Å². The van der Waals surface area contributed by atoms with E-state index in [0.717, 1.165) is 5.56 Å². The second-order valence-electron chi connectivity index (χ2n) is 6.22. The summed E-state index contributed by atoms with van der Waals surface area (Å²) >= 11 is 0. The summed E-state index contributed by atoms with van der Waals surface area (Å²) in [7, 11) is 0. The lowest BCUT2D eigenvalue weighted by Gasteiger charge is -2.17. The van der Waals surface area contributed by atoms with Crippen molar-refractivity contribution in [1.29, 1.82) is 5.26 Å². The van der Waals surface area contributed by atoms with Gasteiger partial charge in [0.1, 0.15) is 23.6 Å². The molecule has 0 saturated carbocycles. The van der Waals surface area contributed by atoms with Crippen molar-refractivity contribution in [2.75, 3.05) is 11.9 Å². The van der Waals surface area contributed by atoms with Crippen LogP contribution in [0.15, 0.2) is 48.7 Å². The number of rotatable bonds is 4. The minimum atomic E-state index is -0.424. The second kappa shape index (κ2) is 6.48. The molecular weight excluding hydrogens is 333 g/mol. The van der Waals surface area contributed by atoms with Crippen molar-refractivity contribution in [1.82, 2.24) is 14.3 Å². The number of hydrogen-bond acceptors (Lipinski definition) is 4. The average molecular weight is 349 g/mol. The molecule has 2 aromatic heterocycles. The normalized spacial score (nSPS) is 16.8. The van der Waals surface area contributed by atoms with Crippen LogP contribution in [0, 0.1) is 17.1 Å². The van der Waals surface area contributed by atoms with E-state index in [1.165, 1.54) is 12.1 Å². The number of likely N-dealkylation sites (tertiary alicyclic amines) is 1. The fourth-order valence-corrected chi connectivity index (χ4v) is 3.21. The highest BCUT2D eigenvalue weighted by atomic mass is 19.1. The molecule has 26 heavy (non-hydrogen) atoms. The Morgan fingerprint density at radius 3 is 2.85 bits per heavy atom. The summed E-state index contributed by atoms with van der Waals surface area (Å²) in [4.78, 5) is 18.8. The molecule has 0 bridgehead atoms. The van der Waals surface area contributed by atoms with E-state index in [1.54, 1.807) is 27.6 Å². The van der Waals surface area contributed by atoms with Gasteiger partial charge in [0.15, 0.2) is 11.5 Å². The molecule has 3 aromatic rings. The van der Waals surface area contributed by atoms with Crippen molar-refractivity contribution in [3.63, 3.8) is 0 Å². The van der Waals surface area contributed by atoms with Crippen molar-refractivity contribution in [3.8, 4) is 6.07 Å². The van der Waals surface area contributed by atoms with Crippen LogP contribution in [0.3, 0.4) is 0 Å². The highest BCUT2D eigenvalue weighted by Gasteiger charge is 2.32. The number of nitrogens with one attached hydrogen (secondary N) is 1. The molecule has 1 aromatic carbocycles. The molecule has 4 rings (SSSR count). The van der Waals surface area contributed by atoms with Crippen LogP contribution in [0.1, 0.15) is 17.7 Å². The van der Waals surface area contributed by atoms with Gasteiger partial charge in [-0.25, -0.2) is 9.37 Å². The fraction of sp³-hybridized carbons (Fsp3) is 0.211. The monoisotopic (exact) mass is 349 g/mol. The molecule has 1 amide bonds. The lowest BCUT2D eigenvalue weighted by molar-refractivity contribution is -0.128. The molecular formula is C19H16FN5O. The Kier molecular flexibility index (Phi) is 4.01. The predicted octanol–water partition coefficient (Wildman–Crippen LogP) is 2.56. The number of nitrogens with zero attached hydrogens (tertiary/aromatic N) is 4. The van der Waals surface area contributed by atoms with E-state index in [9.17, 15) is 14.4 Å². The number of pyridine rings is 1. The van der Waals surface area contributed by atoms with Crippen LogP contribution < -0.4 is 5.32 Å². The molecule has 1 unspecified atom stereocenters. The van der Waals surface area contributed by atoms with Gasteiger partial charge in [-0.3, -0.25) is 9.20 Å². The molecule has 0 aliphatic carbocycles. The number of fused-ring (bicyclic) bond motifs is 1. The number of carbonyl (C=O) groups is 1. The van der Waals surface area contributed by atoms with E-state index >= 15 is 0 Å². The number of nitriles is 1. The molecule has 0 spiro atoms. The Bertz CT molecular complexity index is 1000. The van der Waals surface area contributed by atoms with Gasteiger partial charge in [-0.2, -0.15) is 5.26 Å². The molecule has 1 saturated heterocycles. The van der Waals surface area contributed by atoms with Crippen LogP contribution in [0.2, 0.25) is 0 Å². The van der Waals surface area contributed by atoms with Crippen LogP contribution in [0.4, 0.5) is 10.2 Å². The molecule has 1 aliphatic heterocycles. The fourth-order valence-electron chi connectivity index (χ4n) is 3.21. The maximum Gasteiger partial charge on any atom is 0.245 e. The third kappa shape index (κ3) is 2.86. The van der Waals surface area contributed by atoms with Gasteiger partial charge in [0.25, 0.3) is 0 Å². The van der Waals surface area contributed by atoms with Crippen LogP contribution in [0.25, 0.3) is 5.65 Å². The van der Waals surface area contributed by atoms with Gasteiger partial charge >= 0.3 is 0 Å². The van der Waals surface area contributed by atoms with Crippen molar-refractivity contribution in [2.24, 2.45) is 0 Å². The maximum atomic E-state index is 13.0. The SMILES string of the molecule is N#Cc1c(NC2CCN(Cc3ccc(F)cc3)C2=O)nc2ccccn12. The zero-order valence-corrected chi connectivity index (χ0v) is 13.9. The molecule has 130 valence electrons. The van der Waals surface area contributed by atoms with E-state index in [1.807, 2.05) is 18.2 Å². The van der Waals surface area contributed by atoms with E-state index in [-0.39, 0.29) is 11.7 Å². The first-order chi connectivity index (χ1) is 12.7. The number of halogens is 1. The van der Waals surface area contributed by atoms with E-state index in [4.69, 9.17) is 0 Å². The van der Waals surface area contributed by atoms with Crippen LogP contribution in [-0.4, -0.2) is 32.8 Å². The first-order valence-corrected chi connectivity index (χ1v) is 8.32. The minimum Gasteiger partial charge on any atom is -0.356 e. The molecule has 7 heteroatoms. The van der Waals surface area contributed by atoms with E-state index in [0.29, 0.717) is 36.7 Å². The van der Waals surface area contributed by atoms with Crippen LogP contribution in [-0.2, 0) is 11.3 Å². The largest absolute Gasteiger partial charge is 0.356 e. The number of carbonyl (C=O) groups excluding carboxylic acids is 1. The minimum absolute atomic E-state index is 0.0460. The van der Waals surface area contributed by atoms with Gasteiger partial charge in [-0.1, -0.05) is 18.2 Å². The Balaban J connectivity index is 1.51. The summed E-state index contributed by atoms with van der Waals surface area (Å²) in [6.07, 6.45) is 2.39. The van der Waals surface area contributed by atoms with Gasteiger partial charge in [0, 0.05) is 19.3 Å². The topological polar surface area (TPSA) is 73.4 Å². The summed E-state index contributed by atoms with van der Waals surface area (Å²) in [6.45, 7) is 1.04. The summed E-state index contributed by atoms with van der Waals surface area (Å²) in [6, 6.07) is 13.3. The molecule has 6 nitrogen and oxygen atoms in total. The Morgan fingerprint density at radius 2 is 2.08 bits per heavy atom. The maximum absolute atomic E-state index is 13.0. The van der Waals surface area contributed by atoms with Crippen LogP contribution >= 0.6 is 0 Å². The standard InChI is InChI=1S/C19H16FN5O/c20-14-6-4-13(5-7-14)12-24-10-8-15(19(24)26)22-18-16(11-21)25-9-2-1-3-17(25)23-18/h1-7,9,15,22H,8,10,12H2. The van der Waals surface area contributed by atoms with Gasteiger partial charge in [0.2, 0.25) is 5.91 Å². The molecule has 1 N–H and O–H groups in total.